The number of rotatable bonds is 7. The Bertz CT molecular complexity index is 914. The number of carbonyl (C=O) groups excluding carboxylic acids is 1. The Morgan fingerprint density at radius 2 is 2.21 bits per heavy atom. The molecule has 0 aliphatic carbocycles. The number of methoxy groups -OCH3 is 1. The summed E-state index contributed by atoms with van der Waals surface area (Å²) in [6, 6.07) is 1.17. The van der Waals surface area contributed by atoms with Crippen molar-refractivity contribution >= 4 is 25.4 Å². The van der Waals surface area contributed by atoms with Gasteiger partial charge in [0.2, 0.25) is 0 Å². The maximum atomic E-state index is 12.8. The normalized spacial score (nSPS) is 34.0. The Balaban J connectivity index is 1.65. The number of nitrogens with one attached hydrogen (secondary N) is 1. The Kier molecular flexibility index (Phi) is 6.67. The molecule has 0 radical (unpaired) electrons. The van der Waals surface area contributed by atoms with Crippen LogP contribution in [0.15, 0.2) is 21.9 Å². The van der Waals surface area contributed by atoms with Gasteiger partial charge in [0.25, 0.3) is 5.56 Å². The van der Waals surface area contributed by atoms with E-state index in [1.165, 1.54) is 19.4 Å². The van der Waals surface area contributed by atoms with Crippen molar-refractivity contribution in [3.63, 3.8) is 0 Å². The van der Waals surface area contributed by atoms with E-state index in [0.29, 0.717) is 12.8 Å². The summed E-state index contributed by atoms with van der Waals surface area (Å²) in [7, 11) is -2.59. The zero-order valence-corrected chi connectivity index (χ0v) is 17.5. The van der Waals surface area contributed by atoms with E-state index in [1.54, 1.807) is 6.92 Å². The molecule has 5 atom stereocenters. The Morgan fingerprint density at radius 3 is 2.90 bits per heavy atom. The third-order valence-electron chi connectivity index (χ3n) is 4.68. The van der Waals surface area contributed by atoms with Crippen molar-refractivity contribution in [2.45, 2.75) is 49.5 Å². The van der Waals surface area contributed by atoms with E-state index in [-0.39, 0.29) is 25.6 Å². The minimum Gasteiger partial charge on any atom is -0.469 e. The topological polar surface area (TPSA) is 135 Å². The SMILES string of the molecule is COC(=O)CCCCOP1(=O)OC[C@H]2O[C@@H](n3ccc(=O)[nH]c3=O)[C@](C)(Cl)[C@@H]2O1. The summed E-state index contributed by atoms with van der Waals surface area (Å²) in [4.78, 5) is 35.3. The maximum absolute atomic E-state index is 12.8. The smallest absolute Gasteiger partial charge is 0.469 e. The molecule has 29 heavy (non-hydrogen) atoms. The van der Waals surface area contributed by atoms with Gasteiger partial charge in [-0.3, -0.25) is 32.7 Å². The number of fused-ring (bicyclic) bond motifs is 1. The van der Waals surface area contributed by atoms with Gasteiger partial charge < -0.3 is 9.47 Å². The lowest BCUT2D eigenvalue weighted by atomic mass is 10.0. The number of hydrogen-bond donors (Lipinski definition) is 1. The number of hydrogen-bond acceptors (Lipinski definition) is 9. The number of ether oxygens (including phenoxy) is 2. The van der Waals surface area contributed by atoms with Gasteiger partial charge in [-0.15, -0.1) is 11.6 Å². The van der Waals surface area contributed by atoms with Crippen LogP contribution in [-0.4, -0.2) is 52.9 Å². The van der Waals surface area contributed by atoms with Crippen molar-refractivity contribution in [1.29, 1.82) is 0 Å². The second kappa shape index (κ2) is 8.71. The Morgan fingerprint density at radius 1 is 1.45 bits per heavy atom. The molecule has 0 saturated carbocycles. The van der Waals surface area contributed by atoms with Gasteiger partial charge in [0.05, 0.1) is 20.3 Å². The average molecular weight is 453 g/mol. The molecule has 1 N–H and O–H groups in total. The molecule has 11 nitrogen and oxygen atoms in total. The van der Waals surface area contributed by atoms with E-state index >= 15 is 0 Å². The third-order valence-corrected chi connectivity index (χ3v) is 6.53. The third kappa shape index (κ3) is 4.82. The zero-order valence-electron chi connectivity index (χ0n) is 15.9. The first-order valence-electron chi connectivity index (χ1n) is 8.96. The van der Waals surface area contributed by atoms with Crippen LogP contribution >= 0.6 is 19.4 Å². The minimum atomic E-state index is -3.90. The van der Waals surface area contributed by atoms with Crippen molar-refractivity contribution in [2.24, 2.45) is 0 Å². The highest BCUT2D eigenvalue weighted by molar-refractivity contribution is 7.48. The first kappa shape index (κ1) is 22.2. The summed E-state index contributed by atoms with van der Waals surface area (Å²) in [5.74, 6) is -0.339. The molecule has 1 aromatic rings. The fraction of sp³-hybridized carbons (Fsp3) is 0.688. The van der Waals surface area contributed by atoms with Crippen LogP contribution in [0, 0.1) is 0 Å². The monoisotopic (exact) mass is 452 g/mol. The predicted molar refractivity (Wildman–Crippen MR) is 99.7 cm³/mol. The number of phosphoric acid groups is 1. The van der Waals surface area contributed by atoms with Gasteiger partial charge in [0, 0.05) is 18.7 Å². The van der Waals surface area contributed by atoms with Crippen molar-refractivity contribution in [3.8, 4) is 0 Å². The number of alkyl halides is 1. The van der Waals surface area contributed by atoms with Crippen LogP contribution < -0.4 is 11.2 Å². The first-order valence-corrected chi connectivity index (χ1v) is 10.8. The van der Waals surface area contributed by atoms with Crippen LogP contribution in [0.2, 0.25) is 0 Å². The largest absolute Gasteiger partial charge is 0.475 e. The Hall–Kier alpha value is -1.49. The van der Waals surface area contributed by atoms with Crippen molar-refractivity contribution in [3.05, 3.63) is 33.1 Å². The number of unbranched alkanes of at least 4 members (excludes halogenated alkanes) is 1. The van der Waals surface area contributed by atoms with E-state index in [0.717, 1.165) is 4.57 Å². The van der Waals surface area contributed by atoms with E-state index in [9.17, 15) is 18.9 Å². The van der Waals surface area contributed by atoms with Gasteiger partial charge in [-0.2, -0.15) is 0 Å². The molecule has 162 valence electrons. The standard InChI is InChI=1S/C16H22ClN2O9P/c1-16(17)13-10(27-14(16)19-7-6-11(20)18-15(19)22)9-26-29(23,28-13)25-8-4-3-5-12(21)24-2/h6-7,10,13-14H,3-5,8-9H2,1-2H3,(H,18,20,22)/t10-,13-,14-,16-,29?/m1/s1. The highest BCUT2D eigenvalue weighted by atomic mass is 35.5. The van der Waals surface area contributed by atoms with Crippen LogP contribution in [-0.2, 0) is 32.4 Å². The maximum Gasteiger partial charge on any atom is 0.475 e. The van der Waals surface area contributed by atoms with Gasteiger partial charge in [0.15, 0.2) is 6.23 Å². The van der Waals surface area contributed by atoms with Crippen molar-refractivity contribution in [2.75, 3.05) is 20.3 Å². The number of esters is 1. The molecule has 3 rings (SSSR count). The molecular formula is C16H22ClN2O9P. The fourth-order valence-electron chi connectivity index (χ4n) is 3.17. The summed E-state index contributed by atoms with van der Waals surface area (Å²) in [6.07, 6.45) is -0.134. The highest BCUT2D eigenvalue weighted by Crippen LogP contribution is 2.59. The molecule has 0 aromatic carbocycles. The molecule has 2 aliphatic heterocycles. The van der Waals surface area contributed by atoms with Crippen LogP contribution in [0.3, 0.4) is 0 Å². The second-order valence-corrected chi connectivity index (χ2v) is 9.27. The molecule has 1 aromatic heterocycles. The molecule has 2 aliphatic rings. The first-order chi connectivity index (χ1) is 13.7. The van der Waals surface area contributed by atoms with Crippen LogP contribution in [0.4, 0.5) is 0 Å². The van der Waals surface area contributed by atoms with Gasteiger partial charge >= 0.3 is 19.5 Å². The molecule has 2 fully saturated rings. The van der Waals surface area contributed by atoms with Crippen LogP contribution in [0.25, 0.3) is 0 Å². The number of phosphoric ester groups is 1. The average Bonchev–Trinajstić information content (AvgIpc) is 2.91. The summed E-state index contributed by atoms with van der Waals surface area (Å²) in [5.41, 5.74) is -1.25. The summed E-state index contributed by atoms with van der Waals surface area (Å²) >= 11 is 6.63. The van der Waals surface area contributed by atoms with Gasteiger partial charge in [-0.05, 0) is 19.8 Å². The summed E-state index contributed by atoms with van der Waals surface area (Å²) in [5, 5.41) is 0. The minimum absolute atomic E-state index is 0.0499. The molecule has 0 bridgehead atoms. The number of nitrogens with zero attached hydrogens (tertiary/aromatic N) is 1. The molecule has 1 unspecified atom stereocenters. The number of halogens is 1. The highest BCUT2D eigenvalue weighted by Gasteiger charge is 2.60. The molecule has 13 heteroatoms. The van der Waals surface area contributed by atoms with Crippen LogP contribution in [0.5, 0.6) is 0 Å². The molecule has 0 spiro atoms. The van der Waals surface area contributed by atoms with Crippen molar-refractivity contribution < 1.29 is 32.4 Å². The lowest BCUT2D eigenvalue weighted by molar-refractivity contribution is -0.140. The quantitative estimate of drug-likeness (QED) is 0.281. The molecule has 0 amide bonds. The molecule has 3 heterocycles. The number of aromatic amines is 1. The number of carbonyl (C=O) groups is 1. The van der Waals surface area contributed by atoms with Crippen LogP contribution in [0.1, 0.15) is 32.4 Å². The zero-order chi connectivity index (χ0) is 21.2. The second-order valence-electron chi connectivity index (χ2n) is 6.83. The fourth-order valence-corrected chi connectivity index (χ4v) is 5.09. The molecule has 2 saturated heterocycles. The Labute approximate surface area is 170 Å². The molecular weight excluding hydrogens is 431 g/mol. The van der Waals surface area contributed by atoms with E-state index in [1.807, 2.05) is 0 Å². The van der Waals surface area contributed by atoms with Gasteiger partial charge in [-0.1, -0.05) is 0 Å². The van der Waals surface area contributed by atoms with E-state index in [2.05, 4.69) is 9.72 Å². The van der Waals surface area contributed by atoms with E-state index in [4.69, 9.17) is 29.9 Å². The summed E-state index contributed by atoms with van der Waals surface area (Å²) in [6.45, 7) is 1.52. The van der Waals surface area contributed by atoms with Gasteiger partial charge in [-0.25, -0.2) is 9.36 Å². The summed E-state index contributed by atoms with van der Waals surface area (Å²) < 4.78 is 40.3. The number of aromatic nitrogens is 2. The lowest BCUT2D eigenvalue weighted by Gasteiger charge is -2.34. The predicted octanol–water partition coefficient (Wildman–Crippen LogP) is 1.31. The number of H-pyrrole nitrogens is 1. The van der Waals surface area contributed by atoms with Gasteiger partial charge in [0.1, 0.15) is 17.1 Å². The lowest BCUT2D eigenvalue weighted by Crippen LogP contribution is -2.45. The van der Waals surface area contributed by atoms with Crippen molar-refractivity contribution in [1.82, 2.24) is 9.55 Å². The van der Waals surface area contributed by atoms with E-state index < -0.39 is 42.4 Å².